The highest BCUT2D eigenvalue weighted by atomic mass is 79.9. The van der Waals surface area contributed by atoms with Gasteiger partial charge in [-0.1, -0.05) is 42.5 Å². The number of hydrogen-bond acceptors (Lipinski definition) is 1. The van der Waals surface area contributed by atoms with Crippen molar-refractivity contribution >= 4 is 15.9 Å². The van der Waals surface area contributed by atoms with E-state index in [2.05, 4.69) is 45.5 Å². The lowest BCUT2D eigenvalue weighted by Gasteiger charge is -2.43. The Bertz CT molecular complexity index is 593. The molecule has 0 radical (unpaired) electrons. The Morgan fingerprint density at radius 3 is 2.40 bits per heavy atom. The van der Waals surface area contributed by atoms with E-state index in [1.807, 2.05) is 12.1 Å². The van der Waals surface area contributed by atoms with E-state index in [1.54, 1.807) is 6.07 Å². The van der Waals surface area contributed by atoms with Crippen LogP contribution in [0.2, 0.25) is 0 Å². The summed E-state index contributed by atoms with van der Waals surface area (Å²) in [6, 6.07) is 15.8. The molecule has 20 heavy (non-hydrogen) atoms. The summed E-state index contributed by atoms with van der Waals surface area (Å²) >= 11 is 3.38. The number of hydrogen-bond donors (Lipinski definition) is 1. The van der Waals surface area contributed by atoms with E-state index in [4.69, 9.17) is 0 Å². The van der Waals surface area contributed by atoms with Crippen LogP contribution < -0.4 is 5.32 Å². The third-order valence-corrected chi connectivity index (χ3v) is 4.91. The van der Waals surface area contributed by atoms with Crippen molar-refractivity contribution in [3.63, 3.8) is 0 Å². The van der Waals surface area contributed by atoms with Gasteiger partial charge in [-0.15, -0.1) is 0 Å². The van der Waals surface area contributed by atoms with Crippen LogP contribution in [0.4, 0.5) is 4.39 Å². The number of nitrogens with one attached hydrogen (secondary N) is 1. The standard InChI is InChI=1S/C17H17BrFN/c18-16-14(7-4-8-15(16)19)10-17(11-20-12-17)9-13-5-2-1-3-6-13/h1-8,20H,9-12H2. The maximum absolute atomic E-state index is 13.6. The average Bonchev–Trinajstić information content (AvgIpc) is 2.42. The van der Waals surface area contributed by atoms with Crippen LogP contribution in [0.5, 0.6) is 0 Å². The van der Waals surface area contributed by atoms with Crippen molar-refractivity contribution in [1.29, 1.82) is 0 Å². The second-order valence-corrected chi connectivity index (χ2v) is 6.45. The molecule has 3 rings (SSSR count). The first-order chi connectivity index (χ1) is 9.69. The Kier molecular flexibility index (Phi) is 3.90. The highest BCUT2D eigenvalue weighted by Gasteiger charge is 2.37. The summed E-state index contributed by atoms with van der Waals surface area (Å²) in [4.78, 5) is 0. The molecular formula is C17H17BrFN. The van der Waals surface area contributed by atoms with Gasteiger partial charge in [-0.25, -0.2) is 4.39 Å². The monoisotopic (exact) mass is 333 g/mol. The van der Waals surface area contributed by atoms with Gasteiger partial charge in [0.05, 0.1) is 4.47 Å². The molecule has 0 spiro atoms. The van der Waals surface area contributed by atoms with E-state index in [9.17, 15) is 4.39 Å². The molecule has 1 aliphatic heterocycles. The normalized spacial score (nSPS) is 16.7. The zero-order chi connectivity index (χ0) is 14.0. The van der Waals surface area contributed by atoms with Crippen LogP contribution in [0.1, 0.15) is 11.1 Å². The first-order valence-electron chi connectivity index (χ1n) is 6.86. The van der Waals surface area contributed by atoms with Gasteiger partial charge >= 0.3 is 0 Å². The quantitative estimate of drug-likeness (QED) is 0.892. The molecular weight excluding hydrogens is 317 g/mol. The maximum atomic E-state index is 13.6. The van der Waals surface area contributed by atoms with Crippen LogP contribution >= 0.6 is 15.9 Å². The van der Waals surface area contributed by atoms with Crippen LogP contribution in [0.15, 0.2) is 53.0 Å². The van der Waals surface area contributed by atoms with E-state index in [0.29, 0.717) is 4.47 Å². The molecule has 0 atom stereocenters. The summed E-state index contributed by atoms with van der Waals surface area (Å²) in [6.07, 6.45) is 1.93. The van der Waals surface area contributed by atoms with Crippen molar-refractivity contribution < 1.29 is 4.39 Å². The van der Waals surface area contributed by atoms with Gasteiger partial charge in [0.1, 0.15) is 5.82 Å². The summed E-state index contributed by atoms with van der Waals surface area (Å²) in [5.41, 5.74) is 2.61. The Morgan fingerprint density at radius 2 is 1.75 bits per heavy atom. The lowest BCUT2D eigenvalue weighted by molar-refractivity contribution is 0.166. The smallest absolute Gasteiger partial charge is 0.137 e. The second-order valence-electron chi connectivity index (χ2n) is 5.66. The molecule has 1 saturated heterocycles. The third-order valence-electron chi connectivity index (χ3n) is 4.02. The molecule has 1 heterocycles. The Morgan fingerprint density at radius 1 is 1.00 bits per heavy atom. The Hall–Kier alpha value is -1.19. The summed E-state index contributed by atoms with van der Waals surface area (Å²) in [6.45, 7) is 1.98. The predicted molar refractivity (Wildman–Crippen MR) is 83.3 cm³/mol. The molecule has 3 heteroatoms. The minimum absolute atomic E-state index is 0.176. The molecule has 0 unspecified atom stereocenters. The summed E-state index contributed by atoms with van der Waals surface area (Å²) in [5.74, 6) is -0.176. The van der Waals surface area contributed by atoms with Gasteiger partial charge in [-0.2, -0.15) is 0 Å². The predicted octanol–water partition coefficient (Wildman–Crippen LogP) is 3.96. The topological polar surface area (TPSA) is 12.0 Å². The molecule has 2 aromatic carbocycles. The zero-order valence-corrected chi connectivity index (χ0v) is 12.8. The molecule has 1 nitrogen and oxygen atoms in total. The fraction of sp³-hybridized carbons (Fsp3) is 0.294. The molecule has 0 aromatic heterocycles. The summed E-state index contributed by atoms with van der Waals surface area (Å²) < 4.78 is 14.3. The summed E-state index contributed by atoms with van der Waals surface area (Å²) in [5, 5.41) is 3.37. The fourth-order valence-electron chi connectivity index (χ4n) is 2.91. The molecule has 1 N–H and O–H groups in total. The lowest BCUT2D eigenvalue weighted by Crippen LogP contribution is -2.56. The van der Waals surface area contributed by atoms with Crippen LogP contribution in [0.25, 0.3) is 0 Å². The van der Waals surface area contributed by atoms with Gasteiger partial charge in [0.2, 0.25) is 0 Å². The van der Waals surface area contributed by atoms with Crippen molar-refractivity contribution in [1.82, 2.24) is 5.32 Å². The Labute approximate surface area is 127 Å². The molecule has 1 fully saturated rings. The van der Waals surface area contributed by atoms with E-state index in [1.165, 1.54) is 11.6 Å². The van der Waals surface area contributed by atoms with E-state index < -0.39 is 0 Å². The zero-order valence-electron chi connectivity index (χ0n) is 11.2. The van der Waals surface area contributed by atoms with E-state index >= 15 is 0 Å². The van der Waals surface area contributed by atoms with Crippen molar-refractivity contribution in [2.45, 2.75) is 12.8 Å². The fourth-order valence-corrected chi connectivity index (χ4v) is 3.31. The van der Waals surface area contributed by atoms with E-state index in [0.717, 1.165) is 31.5 Å². The van der Waals surface area contributed by atoms with Gasteiger partial charge in [-0.05, 0) is 46.0 Å². The van der Waals surface area contributed by atoms with Gasteiger partial charge in [-0.3, -0.25) is 0 Å². The minimum atomic E-state index is -0.176. The molecule has 1 aliphatic rings. The molecule has 2 aromatic rings. The number of rotatable bonds is 4. The van der Waals surface area contributed by atoms with Crippen LogP contribution in [-0.2, 0) is 12.8 Å². The van der Waals surface area contributed by atoms with Crippen molar-refractivity contribution in [2.24, 2.45) is 5.41 Å². The number of benzene rings is 2. The first kappa shape index (κ1) is 13.8. The summed E-state index contributed by atoms with van der Waals surface area (Å²) in [7, 11) is 0. The van der Waals surface area contributed by atoms with E-state index in [-0.39, 0.29) is 11.2 Å². The van der Waals surface area contributed by atoms with Crippen molar-refractivity contribution in [3.05, 3.63) is 69.9 Å². The van der Waals surface area contributed by atoms with Crippen molar-refractivity contribution in [2.75, 3.05) is 13.1 Å². The van der Waals surface area contributed by atoms with Gasteiger partial charge in [0.25, 0.3) is 0 Å². The van der Waals surface area contributed by atoms with Crippen LogP contribution in [0.3, 0.4) is 0 Å². The number of halogens is 2. The SMILES string of the molecule is Fc1cccc(CC2(Cc3ccccc3)CNC2)c1Br. The van der Waals surface area contributed by atoms with Gasteiger partial charge in [0.15, 0.2) is 0 Å². The molecule has 0 bridgehead atoms. The second kappa shape index (κ2) is 5.66. The van der Waals surface area contributed by atoms with Crippen LogP contribution in [-0.4, -0.2) is 13.1 Å². The maximum Gasteiger partial charge on any atom is 0.137 e. The van der Waals surface area contributed by atoms with Crippen molar-refractivity contribution in [3.8, 4) is 0 Å². The third kappa shape index (κ3) is 2.79. The average molecular weight is 334 g/mol. The van der Waals surface area contributed by atoms with Gasteiger partial charge < -0.3 is 5.32 Å². The highest BCUT2D eigenvalue weighted by molar-refractivity contribution is 9.10. The molecule has 104 valence electrons. The van der Waals surface area contributed by atoms with Crippen LogP contribution in [0, 0.1) is 11.2 Å². The highest BCUT2D eigenvalue weighted by Crippen LogP contribution is 2.34. The first-order valence-corrected chi connectivity index (χ1v) is 7.65. The molecule has 0 saturated carbocycles. The minimum Gasteiger partial charge on any atom is -0.315 e. The van der Waals surface area contributed by atoms with Gasteiger partial charge in [0, 0.05) is 18.5 Å². The molecule has 0 aliphatic carbocycles. The Balaban J connectivity index is 1.81. The molecule has 0 amide bonds. The lowest BCUT2D eigenvalue weighted by atomic mass is 9.72. The largest absolute Gasteiger partial charge is 0.315 e.